The Bertz CT molecular complexity index is 1480. The molecule has 1 N–H and O–H groups in total. The largest absolute Gasteiger partial charge is 0.352 e. The molecule has 0 aliphatic heterocycles. The van der Waals surface area contributed by atoms with E-state index in [1.807, 2.05) is 61.5 Å². The van der Waals surface area contributed by atoms with E-state index < -0.39 is 34.5 Å². The number of carbonyl (C=O) groups excluding carboxylic acids is 2. The second kappa shape index (κ2) is 14.6. The lowest BCUT2D eigenvalue weighted by Gasteiger charge is -2.35. The van der Waals surface area contributed by atoms with Crippen LogP contribution in [0.4, 0.5) is 10.1 Å². The van der Waals surface area contributed by atoms with Gasteiger partial charge >= 0.3 is 10.2 Å². The zero-order valence-corrected chi connectivity index (χ0v) is 25.9. The zero-order chi connectivity index (χ0) is 31.0. The highest BCUT2D eigenvalue weighted by molar-refractivity contribution is 7.90. The highest BCUT2D eigenvalue weighted by Crippen LogP contribution is 2.24. The fraction of sp³-hybridized carbons (Fsp3) is 0.394. The van der Waals surface area contributed by atoms with Crippen LogP contribution in [0.2, 0.25) is 0 Å². The van der Waals surface area contributed by atoms with Crippen LogP contribution in [0, 0.1) is 12.7 Å². The van der Waals surface area contributed by atoms with Gasteiger partial charge in [-0.25, -0.2) is 8.70 Å². The minimum Gasteiger partial charge on any atom is -0.352 e. The Labute approximate surface area is 254 Å². The van der Waals surface area contributed by atoms with Crippen molar-refractivity contribution in [1.82, 2.24) is 14.5 Å². The van der Waals surface area contributed by atoms with E-state index in [-0.39, 0.29) is 30.6 Å². The molecular formula is C33H41FN4O4S. The molecule has 0 radical (unpaired) electrons. The van der Waals surface area contributed by atoms with E-state index in [0.717, 1.165) is 69.5 Å². The number of nitrogens with zero attached hydrogens (tertiary/aromatic N) is 3. The molecule has 3 aromatic rings. The number of benzene rings is 3. The number of anilines is 1. The third-order valence-electron chi connectivity index (χ3n) is 7.96. The first-order chi connectivity index (χ1) is 20.6. The number of hydrogen-bond donors (Lipinski definition) is 1. The second-order valence-electron chi connectivity index (χ2n) is 11.3. The fourth-order valence-corrected chi connectivity index (χ4v) is 6.45. The first-order valence-corrected chi connectivity index (χ1v) is 16.1. The van der Waals surface area contributed by atoms with E-state index in [1.54, 1.807) is 0 Å². The molecule has 0 bridgehead atoms. The van der Waals surface area contributed by atoms with Crippen LogP contribution in [0.5, 0.6) is 0 Å². The van der Waals surface area contributed by atoms with Crippen LogP contribution in [0.25, 0.3) is 0 Å². The predicted octanol–water partition coefficient (Wildman–Crippen LogP) is 4.84. The van der Waals surface area contributed by atoms with Gasteiger partial charge in [0.25, 0.3) is 0 Å². The molecule has 8 nitrogen and oxygen atoms in total. The summed E-state index contributed by atoms with van der Waals surface area (Å²) in [7, 11) is -1.40. The summed E-state index contributed by atoms with van der Waals surface area (Å²) in [6, 6.07) is 21.2. The molecule has 1 saturated carbocycles. The van der Waals surface area contributed by atoms with Gasteiger partial charge < -0.3 is 10.2 Å². The summed E-state index contributed by atoms with van der Waals surface area (Å²) in [5.41, 5.74) is 2.82. The fourth-order valence-electron chi connectivity index (χ4n) is 5.39. The van der Waals surface area contributed by atoms with Crippen molar-refractivity contribution >= 4 is 27.7 Å². The van der Waals surface area contributed by atoms with Crippen LogP contribution in [-0.2, 0) is 32.8 Å². The maximum absolute atomic E-state index is 14.4. The van der Waals surface area contributed by atoms with Crippen molar-refractivity contribution in [2.45, 2.75) is 64.1 Å². The van der Waals surface area contributed by atoms with E-state index in [4.69, 9.17) is 0 Å². The molecule has 1 fully saturated rings. The lowest BCUT2D eigenvalue weighted by atomic mass is 9.94. The molecule has 43 heavy (non-hydrogen) atoms. The van der Waals surface area contributed by atoms with Crippen molar-refractivity contribution in [3.63, 3.8) is 0 Å². The Morgan fingerprint density at radius 1 is 0.907 bits per heavy atom. The van der Waals surface area contributed by atoms with Gasteiger partial charge in [0.05, 0.1) is 5.69 Å². The summed E-state index contributed by atoms with van der Waals surface area (Å²) >= 11 is 0. The van der Waals surface area contributed by atoms with Crippen molar-refractivity contribution in [1.29, 1.82) is 0 Å². The molecule has 1 aliphatic rings. The molecule has 0 unspecified atom stereocenters. The van der Waals surface area contributed by atoms with Gasteiger partial charge in [-0.15, -0.1) is 0 Å². The maximum Gasteiger partial charge on any atom is 0.304 e. The molecule has 1 aliphatic carbocycles. The van der Waals surface area contributed by atoms with Crippen LogP contribution in [0.1, 0.15) is 48.8 Å². The molecule has 0 heterocycles. The van der Waals surface area contributed by atoms with E-state index in [0.29, 0.717) is 0 Å². The van der Waals surface area contributed by atoms with Crippen LogP contribution in [0.15, 0.2) is 78.9 Å². The molecule has 3 aromatic carbocycles. The third kappa shape index (κ3) is 8.42. The maximum atomic E-state index is 14.4. The minimum absolute atomic E-state index is 0.0276. The van der Waals surface area contributed by atoms with Gasteiger partial charge in [-0.2, -0.15) is 12.7 Å². The molecule has 4 rings (SSSR count). The molecule has 0 saturated heterocycles. The van der Waals surface area contributed by atoms with Gasteiger partial charge in [-0.05, 0) is 60.7 Å². The van der Waals surface area contributed by atoms with E-state index >= 15 is 0 Å². The first kappa shape index (κ1) is 32.2. The van der Waals surface area contributed by atoms with Gasteiger partial charge in [0, 0.05) is 33.1 Å². The van der Waals surface area contributed by atoms with Crippen molar-refractivity contribution in [2.24, 2.45) is 0 Å². The SMILES string of the molecule is Cc1ccccc1CN(C(=O)CN(c1ccc(F)cc1)S(=O)(=O)N(C)C)[C@H](Cc1ccccc1)C(=O)NC1CCCCC1. The summed E-state index contributed by atoms with van der Waals surface area (Å²) in [5.74, 6) is -1.33. The number of rotatable bonds is 12. The van der Waals surface area contributed by atoms with Crippen molar-refractivity contribution in [2.75, 3.05) is 24.9 Å². The van der Waals surface area contributed by atoms with Crippen molar-refractivity contribution in [3.8, 4) is 0 Å². The van der Waals surface area contributed by atoms with Crippen LogP contribution < -0.4 is 9.62 Å². The summed E-state index contributed by atoms with van der Waals surface area (Å²) in [4.78, 5) is 29.9. The molecule has 1 atom stereocenters. The highest BCUT2D eigenvalue weighted by Gasteiger charge is 2.35. The lowest BCUT2D eigenvalue weighted by Crippen LogP contribution is -2.55. The zero-order valence-electron chi connectivity index (χ0n) is 25.1. The molecule has 0 spiro atoms. The average molecular weight is 609 g/mol. The lowest BCUT2D eigenvalue weighted by molar-refractivity contribution is -0.140. The third-order valence-corrected chi connectivity index (χ3v) is 9.78. The summed E-state index contributed by atoms with van der Waals surface area (Å²) < 4.78 is 42.6. The number of halogens is 1. The molecule has 0 aromatic heterocycles. The number of aryl methyl sites for hydroxylation is 1. The first-order valence-electron chi connectivity index (χ1n) is 14.7. The quantitative estimate of drug-likeness (QED) is 0.319. The number of hydrogen-bond acceptors (Lipinski definition) is 4. The van der Waals surface area contributed by atoms with Crippen molar-refractivity contribution < 1.29 is 22.4 Å². The van der Waals surface area contributed by atoms with Gasteiger partial charge in [0.2, 0.25) is 11.8 Å². The van der Waals surface area contributed by atoms with Gasteiger partial charge in [-0.3, -0.25) is 9.59 Å². The summed E-state index contributed by atoms with van der Waals surface area (Å²) in [6.45, 7) is 1.48. The summed E-state index contributed by atoms with van der Waals surface area (Å²) in [5, 5.41) is 3.20. The predicted molar refractivity (Wildman–Crippen MR) is 167 cm³/mol. The Morgan fingerprint density at radius 3 is 2.16 bits per heavy atom. The smallest absolute Gasteiger partial charge is 0.304 e. The van der Waals surface area contributed by atoms with Crippen LogP contribution in [-0.4, -0.2) is 62.2 Å². The number of nitrogens with one attached hydrogen (secondary N) is 1. The topological polar surface area (TPSA) is 90.0 Å². The highest BCUT2D eigenvalue weighted by atomic mass is 32.2. The minimum atomic E-state index is -4.15. The standard InChI is InChI=1S/C33H41FN4O4S/c1-25-12-10-11-15-27(25)23-37(32(39)24-38(43(41,42)36(2)3)30-20-18-28(34)19-21-30)31(22-26-13-6-4-7-14-26)33(40)35-29-16-8-5-9-17-29/h4,6-7,10-15,18-21,29,31H,5,8-9,16-17,22-24H2,1-3H3,(H,35,40)/t31-/m1/s1. The Kier molecular flexibility index (Phi) is 10.9. The van der Waals surface area contributed by atoms with Crippen molar-refractivity contribution in [3.05, 3.63) is 101 Å². The number of amides is 2. The van der Waals surface area contributed by atoms with Gasteiger partial charge in [0.1, 0.15) is 18.4 Å². The van der Waals surface area contributed by atoms with Gasteiger partial charge in [-0.1, -0.05) is 73.9 Å². The monoisotopic (exact) mass is 608 g/mol. The normalized spacial score (nSPS) is 14.7. The van der Waals surface area contributed by atoms with E-state index in [9.17, 15) is 22.4 Å². The number of carbonyl (C=O) groups is 2. The Hall–Kier alpha value is -3.76. The Morgan fingerprint density at radius 2 is 1.53 bits per heavy atom. The molecule has 10 heteroatoms. The molecule has 230 valence electrons. The van der Waals surface area contributed by atoms with E-state index in [2.05, 4.69) is 5.32 Å². The van der Waals surface area contributed by atoms with Crippen LogP contribution >= 0.6 is 0 Å². The average Bonchev–Trinajstić information content (AvgIpc) is 3.00. The van der Waals surface area contributed by atoms with Gasteiger partial charge in [0.15, 0.2) is 0 Å². The Balaban J connectivity index is 1.75. The second-order valence-corrected chi connectivity index (χ2v) is 13.3. The molecule has 2 amide bonds. The summed E-state index contributed by atoms with van der Waals surface area (Å²) in [6.07, 6.45) is 5.24. The van der Waals surface area contributed by atoms with E-state index in [1.165, 1.54) is 31.1 Å². The molecular weight excluding hydrogens is 567 g/mol. The van der Waals surface area contributed by atoms with Crippen LogP contribution in [0.3, 0.4) is 0 Å².